The molecule has 0 saturated heterocycles. The molecule has 3 amide bonds. The normalized spacial score (nSPS) is 11.8. The number of benzene rings is 3. The molecule has 4 aromatic rings. The van der Waals surface area contributed by atoms with Crippen molar-refractivity contribution in [2.75, 3.05) is 10.6 Å². The van der Waals surface area contributed by atoms with Gasteiger partial charge in [0.1, 0.15) is 5.70 Å². The van der Waals surface area contributed by atoms with Crippen molar-refractivity contribution < 1.29 is 14.4 Å². The Bertz CT molecular complexity index is 1530. The van der Waals surface area contributed by atoms with Crippen molar-refractivity contribution in [1.82, 2.24) is 10.3 Å². The fraction of sp³-hybridized carbons (Fsp3) is 0.0667. The zero-order valence-electron chi connectivity index (χ0n) is 21.2. The first-order chi connectivity index (χ1) is 19.3. The van der Waals surface area contributed by atoms with Crippen LogP contribution in [0, 0.1) is 0 Å². The first-order valence-electron chi connectivity index (χ1n) is 12.1. The van der Waals surface area contributed by atoms with Gasteiger partial charge >= 0.3 is 0 Å². The summed E-state index contributed by atoms with van der Waals surface area (Å²) in [6.45, 7) is 1.78. The lowest BCUT2D eigenvalue weighted by molar-refractivity contribution is -0.115. The third-order valence-electron chi connectivity index (χ3n) is 5.51. The van der Waals surface area contributed by atoms with E-state index in [1.165, 1.54) is 11.8 Å². The Labute approximate surface area is 246 Å². The molecule has 0 aliphatic heterocycles. The van der Waals surface area contributed by atoms with Gasteiger partial charge < -0.3 is 16.0 Å². The molecule has 3 N–H and O–H groups in total. The Kier molecular flexibility index (Phi) is 9.96. The number of hydrogen-bond acceptors (Lipinski definition) is 5. The van der Waals surface area contributed by atoms with E-state index in [0.29, 0.717) is 32.5 Å². The van der Waals surface area contributed by atoms with E-state index in [-0.39, 0.29) is 11.6 Å². The molecule has 0 aliphatic rings. The van der Waals surface area contributed by atoms with E-state index >= 15 is 0 Å². The first kappa shape index (κ1) is 28.9. The Morgan fingerprint density at radius 3 is 2.33 bits per heavy atom. The van der Waals surface area contributed by atoms with Gasteiger partial charge in [-0.3, -0.25) is 19.4 Å². The molecule has 1 unspecified atom stereocenters. The van der Waals surface area contributed by atoms with Crippen LogP contribution in [-0.4, -0.2) is 28.0 Å². The minimum absolute atomic E-state index is 0.0615. The smallest absolute Gasteiger partial charge is 0.272 e. The average molecular weight is 592 g/mol. The summed E-state index contributed by atoms with van der Waals surface area (Å²) >= 11 is 13.4. The molecule has 1 aromatic heterocycles. The fourth-order valence-corrected chi connectivity index (χ4v) is 4.79. The lowest BCUT2D eigenvalue weighted by Gasteiger charge is -2.14. The van der Waals surface area contributed by atoms with Gasteiger partial charge in [-0.1, -0.05) is 47.5 Å². The number of nitrogens with zero attached hydrogens (tertiary/aromatic N) is 1. The highest BCUT2D eigenvalue weighted by molar-refractivity contribution is 8.00. The maximum absolute atomic E-state index is 13.2. The van der Waals surface area contributed by atoms with Crippen LogP contribution in [0.3, 0.4) is 0 Å². The topological polar surface area (TPSA) is 100 Å². The third-order valence-corrected chi connectivity index (χ3v) is 7.17. The molecule has 0 bridgehead atoms. The standard InChI is InChI=1S/C30H24Cl2N4O3S/c1-19(28(37)35-26-14-9-22(31)17-25(26)32)40-24-12-10-23(11-13-24)34-30(39)27(16-20-6-5-15-33-18-20)36-29(38)21-7-3-2-4-8-21/h2-19H,1H3,(H,34,39)(H,35,37)(H,36,38)/b27-16-. The summed E-state index contributed by atoms with van der Waals surface area (Å²) in [6.07, 6.45) is 4.77. The molecule has 0 fully saturated rings. The molecular weight excluding hydrogens is 567 g/mol. The van der Waals surface area contributed by atoms with Gasteiger partial charge in [-0.15, -0.1) is 11.8 Å². The van der Waals surface area contributed by atoms with Crippen molar-refractivity contribution in [3.05, 3.63) is 124 Å². The summed E-state index contributed by atoms with van der Waals surface area (Å²) in [5, 5.41) is 8.72. The van der Waals surface area contributed by atoms with Crippen LogP contribution in [-0.2, 0) is 9.59 Å². The SMILES string of the molecule is CC(Sc1ccc(NC(=O)/C(=C/c2cccnc2)NC(=O)c2ccccc2)cc1)C(=O)Nc1ccc(Cl)cc1Cl. The van der Waals surface area contributed by atoms with Crippen LogP contribution in [0.5, 0.6) is 0 Å². The van der Waals surface area contributed by atoms with Crippen molar-refractivity contribution in [1.29, 1.82) is 0 Å². The van der Waals surface area contributed by atoms with E-state index in [4.69, 9.17) is 23.2 Å². The van der Waals surface area contributed by atoms with Crippen molar-refractivity contribution >= 4 is 70.1 Å². The molecule has 10 heteroatoms. The van der Waals surface area contributed by atoms with Gasteiger partial charge in [0.05, 0.1) is 16.0 Å². The molecule has 40 heavy (non-hydrogen) atoms. The number of nitrogens with one attached hydrogen (secondary N) is 3. The molecule has 0 saturated carbocycles. The van der Waals surface area contributed by atoms with E-state index < -0.39 is 17.1 Å². The fourth-order valence-electron chi connectivity index (χ4n) is 3.47. The monoisotopic (exact) mass is 590 g/mol. The zero-order chi connectivity index (χ0) is 28.5. The van der Waals surface area contributed by atoms with Gasteiger partial charge in [0, 0.05) is 33.6 Å². The number of halogens is 2. The molecule has 1 heterocycles. The summed E-state index contributed by atoms with van der Waals surface area (Å²) in [6, 6.07) is 24.0. The van der Waals surface area contributed by atoms with Crippen molar-refractivity contribution in [3.63, 3.8) is 0 Å². The van der Waals surface area contributed by atoms with Gasteiger partial charge in [-0.25, -0.2) is 0 Å². The Morgan fingerprint density at radius 1 is 0.900 bits per heavy atom. The summed E-state index contributed by atoms with van der Waals surface area (Å²) in [4.78, 5) is 43.5. The molecule has 0 aliphatic carbocycles. The minimum atomic E-state index is -0.499. The lowest BCUT2D eigenvalue weighted by Crippen LogP contribution is -2.30. The van der Waals surface area contributed by atoms with Crippen LogP contribution in [0.15, 0.2) is 108 Å². The van der Waals surface area contributed by atoms with Crippen LogP contribution in [0.4, 0.5) is 11.4 Å². The van der Waals surface area contributed by atoms with E-state index in [0.717, 1.165) is 4.90 Å². The largest absolute Gasteiger partial charge is 0.324 e. The van der Waals surface area contributed by atoms with E-state index in [2.05, 4.69) is 20.9 Å². The van der Waals surface area contributed by atoms with Crippen LogP contribution < -0.4 is 16.0 Å². The molecule has 202 valence electrons. The number of hydrogen-bond donors (Lipinski definition) is 3. The number of rotatable bonds is 9. The highest BCUT2D eigenvalue weighted by atomic mass is 35.5. The van der Waals surface area contributed by atoms with Crippen LogP contribution in [0.25, 0.3) is 6.08 Å². The Balaban J connectivity index is 1.41. The van der Waals surface area contributed by atoms with E-state index in [9.17, 15) is 14.4 Å². The highest BCUT2D eigenvalue weighted by Gasteiger charge is 2.17. The second-order valence-corrected chi connectivity index (χ2v) is 10.8. The molecule has 7 nitrogen and oxygen atoms in total. The minimum Gasteiger partial charge on any atom is -0.324 e. The zero-order valence-corrected chi connectivity index (χ0v) is 23.6. The van der Waals surface area contributed by atoms with E-state index in [1.54, 1.807) is 110 Å². The number of thioether (sulfide) groups is 1. The number of carbonyl (C=O) groups is 3. The first-order valence-corrected chi connectivity index (χ1v) is 13.7. The van der Waals surface area contributed by atoms with Gasteiger partial charge in [0.25, 0.3) is 11.8 Å². The van der Waals surface area contributed by atoms with Crippen molar-refractivity contribution in [2.24, 2.45) is 0 Å². The van der Waals surface area contributed by atoms with Crippen LogP contribution in [0.1, 0.15) is 22.8 Å². The number of anilines is 2. The second-order valence-electron chi connectivity index (χ2n) is 8.52. The average Bonchev–Trinajstić information content (AvgIpc) is 2.96. The number of pyridine rings is 1. The summed E-state index contributed by atoms with van der Waals surface area (Å²) < 4.78 is 0. The maximum Gasteiger partial charge on any atom is 0.272 e. The maximum atomic E-state index is 13.2. The van der Waals surface area contributed by atoms with Gasteiger partial charge in [-0.2, -0.15) is 0 Å². The highest BCUT2D eigenvalue weighted by Crippen LogP contribution is 2.29. The van der Waals surface area contributed by atoms with Gasteiger partial charge in [0.15, 0.2) is 0 Å². The summed E-state index contributed by atoms with van der Waals surface area (Å²) in [7, 11) is 0. The summed E-state index contributed by atoms with van der Waals surface area (Å²) in [5.41, 5.74) is 2.14. The number of carbonyl (C=O) groups excluding carboxylic acids is 3. The molecule has 1 atom stereocenters. The molecular formula is C30H24Cl2N4O3S. The quantitative estimate of drug-likeness (QED) is 0.145. The van der Waals surface area contributed by atoms with Crippen molar-refractivity contribution in [2.45, 2.75) is 17.1 Å². The van der Waals surface area contributed by atoms with Crippen LogP contribution in [0.2, 0.25) is 10.0 Å². The molecule has 0 spiro atoms. The number of aromatic nitrogens is 1. The second kappa shape index (κ2) is 13.8. The van der Waals surface area contributed by atoms with Crippen LogP contribution >= 0.6 is 35.0 Å². The predicted molar refractivity (Wildman–Crippen MR) is 162 cm³/mol. The lowest BCUT2D eigenvalue weighted by atomic mass is 10.2. The van der Waals surface area contributed by atoms with Crippen molar-refractivity contribution in [3.8, 4) is 0 Å². The molecule has 4 rings (SSSR count). The predicted octanol–water partition coefficient (Wildman–Crippen LogP) is 6.92. The summed E-state index contributed by atoms with van der Waals surface area (Å²) in [5.74, 6) is -1.13. The number of amides is 3. The van der Waals surface area contributed by atoms with E-state index in [1.807, 2.05) is 0 Å². The molecule has 3 aromatic carbocycles. The van der Waals surface area contributed by atoms with Gasteiger partial charge in [0.2, 0.25) is 5.91 Å². The Hall–Kier alpha value is -4.11. The molecule has 0 radical (unpaired) electrons. The Morgan fingerprint density at radius 2 is 1.65 bits per heavy atom. The van der Waals surface area contributed by atoms with Gasteiger partial charge in [-0.05, 0) is 79.2 Å². The third kappa shape index (κ3) is 8.19.